The minimum atomic E-state index is -0.986. The van der Waals surface area contributed by atoms with Crippen molar-refractivity contribution in [1.82, 2.24) is 29.5 Å². The number of ether oxygens (including phenoxy) is 1. The van der Waals surface area contributed by atoms with Crippen molar-refractivity contribution >= 4 is 17.9 Å². The number of carboxylic acid groups (broad SMARTS) is 1. The number of nitrogens with one attached hydrogen (secondary N) is 1. The maximum absolute atomic E-state index is 11.7. The third kappa shape index (κ3) is 6.97. The summed E-state index contributed by atoms with van der Waals surface area (Å²) in [5.41, 5.74) is 2.68. The molecule has 11 heteroatoms. The molecule has 0 saturated heterocycles. The lowest BCUT2D eigenvalue weighted by Crippen LogP contribution is -2.27. The SMILES string of the molecule is Cn1nc(-c2cccnc2)cc1C(=O)O.Cn1nc(-c2cccnc2)cc1NC(=O)OC(C)(C)C. The molecule has 0 fully saturated rings. The molecule has 0 unspecified atom stereocenters. The van der Waals surface area contributed by atoms with Crippen LogP contribution >= 0.6 is 0 Å². The Morgan fingerprint density at radius 3 is 1.91 bits per heavy atom. The van der Waals surface area contributed by atoms with E-state index in [0.717, 1.165) is 16.8 Å². The standard InChI is InChI=1S/C14H18N4O2.C10H9N3O2/c1-14(2,3)20-13(19)16-12-8-11(17-18(12)4)10-6-5-7-15-9-10;1-13-9(10(14)15)5-8(12-13)7-3-2-4-11-6-7/h5-9H,1-4H3,(H,16,19);2-6H,1H3,(H,14,15). The fraction of sp³-hybridized carbons (Fsp3) is 0.250. The van der Waals surface area contributed by atoms with Gasteiger partial charge < -0.3 is 9.84 Å². The zero-order valence-corrected chi connectivity index (χ0v) is 20.1. The largest absolute Gasteiger partial charge is 0.477 e. The van der Waals surface area contributed by atoms with Crippen molar-refractivity contribution in [2.45, 2.75) is 26.4 Å². The highest BCUT2D eigenvalue weighted by atomic mass is 16.6. The Bertz CT molecular complexity index is 1290. The first-order chi connectivity index (χ1) is 16.5. The van der Waals surface area contributed by atoms with Crippen LogP contribution in [0.1, 0.15) is 31.3 Å². The fourth-order valence-corrected chi connectivity index (χ4v) is 2.97. The second-order valence-corrected chi connectivity index (χ2v) is 8.49. The highest BCUT2D eigenvalue weighted by Gasteiger charge is 2.18. The lowest BCUT2D eigenvalue weighted by Gasteiger charge is -2.19. The molecular weight excluding hydrogens is 450 g/mol. The van der Waals surface area contributed by atoms with Crippen LogP contribution in [-0.4, -0.2) is 52.3 Å². The van der Waals surface area contributed by atoms with Crippen molar-refractivity contribution in [3.8, 4) is 22.5 Å². The number of rotatable bonds is 4. The lowest BCUT2D eigenvalue weighted by atomic mass is 10.2. The first kappa shape index (κ1) is 25.1. The summed E-state index contributed by atoms with van der Waals surface area (Å²) in [7, 11) is 3.36. The van der Waals surface area contributed by atoms with Gasteiger partial charge in [-0.1, -0.05) is 0 Å². The van der Waals surface area contributed by atoms with Crippen LogP contribution in [0.4, 0.5) is 10.6 Å². The topological polar surface area (TPSA) is 137 Å². The van der Waals surface area contributed by atoms with E-state index in [1.165, 1.54) is 10.7 Å². The molecule has 4 aromatic rings. The molecule has 0 saturated carbocycles. The number of aromatic carboxylic acids is 1. The van der Waals surface area contributed by atoms with E-state index in [9.17, 15) is 9.59 Å². The zero-order valence-electron chi connectivity index (χ0n) is 20.1. The van der Waals surface area contributed by atoms with Crippen molar-refractivity contribution in [2.75, 3.05) is 5.32 Å². The van der Waals surface area contributed by atoms with E-state index in [0.29, 0.717) is 11.5 Å². The molecular formula is C24H27N7O4. The maximum Gasteiger partial charge on any atom is 0.413 e. The van der Waals surface area contributed by atoms with E-state index in [1.54, 1.807) is 55.7 Å². The number of aryl methyl sites for hydroxylation is 2. The summed E-state index contributed by atoms with van der Waals surface area (Å²) in [5.74, 6) is -0.418. The maximum atomic E-state index is 11.7. The van der Waals surface area contributed by atoms with E-state index >= 15 is 0 Å². The highest BCUT2D eigenvalue weighted by molar-refractivity contribution is 5.87. The molecule has 0 aromatic carbocycles. The number of carbonyl (C=O) groups excluding carboxylic acids is 1. The van der Waals surface area contributed by atoms with Crippen LogP contribution in [0.15, 0.2) is 61.2 Å². The normalized spacial score (nSPS) is 10.8. The molecule has 0 aliphatic heterocycles. The van der Waals surface area contributed by atoms with Gasteiger partial charge in [0, 0.05) is 56.1 Å². The third-order valence-electron chi connectivity index (χ3n) is 4.52. The van der Waals surface area contributed by atoms with Gasteiger partial charge in [-0.3, -0.25) is 24.6 Å². The van der Waals surface area contributed by atoms with E-state index < -0.39 is 17.7 Å². The molecule has 2 N–H and O–H groups in total. The number of carbonyl (C=O) groups is 2. The van der Waals surface area contributed by atoms with Gasteiger partial charge in [-0.2, -0.15) is 10.2 Å². The number of hydrogen-bond acceptors (Lipinski definition) is 7. The highest BCUT2D eigenvalue weighted by Crippen LogP contribution is 2.21. The molecule has 4 rings (SSSR count). The average Bonchev–Trinajstić information content (AvgIpc) is 3.37. The number of pyridine rings is 2. The fourth-order valence-electron chi connectivity index (χ4n) is 2.97. The Labute approximate surface area is 202 Å². The van der Waals surface area contributed by atoms with E-state index in [1.807, 2.05) is 39.0 Å². The molecule has 35 heavy (non-hydrogen) atoms. The quantitative estimate of drug-likeness (QED) is 0.450. The van der Waals surface area contributed by atoms with Crippen LogP contribution in [-0.2, 0) is 18.8 Å². The van der Waals surface area contributed by atoms with Crippen molar-refractivity contribution in [3.05, 3.63) is 66.9 Å². The molecule has 4 heterocycles. The Morgan fingerprint density at radius 1 is 0.914 bits per heavy atom. The van der Waals surface area contributed by atoms with Crippen LogP contribution in [0.25, 0.3) is 22.5 Å². The molecule has 0 bridgehead atoms. The Hall–Kier alpha value is -4.54. The molecule has 0 atom stereocenters. The molecule has 0 radical (unpaired) electrons. The van der Waals surface area contributed by atoms with Crippen molar-refractivity contribution in [2.24, 2.45) is 14.1 Å². The first-order valence-electron chi connectivity index (χ1n) is 10.7. The number of hydrogen-bond donors (Lipinski definition) is 2. The lowest BCUT2D eigenvalue weighted by molar-refractivity contribution is 0.0632. The van der Waals surface area contributed by atoms with Crippen LogP contribution in [0.2, 0.25) is 0 Å². The van der Waals surface area contributed by atoms with Gasteiger partial charge in [0.05, 0.1) is 11.4 Å². The second kappa shape index (κ2) is 10.6. The predicted octanol–water partition coefficient (Wildman–Crippen LogP) is 4.01. The molecule has 4 aromatic heterocycles. The minimum Gasteiger partial charge on any atom is -0.477 e. The smallest absolute Gasteiger partial charge is 0.413 e. The minimum absolute atomic E-state index is 0.161. The molecule has 11 nitrogen and oxygen atoms in total. The van der Waals surface area contributed by atoms with Gasteiger partial charge in [0.2, 0.25) is 0 Å². The Morgan fingerprint density at radius 2 is 1.46 bits per heavy atom. The summed E-state index contributed by atoms with van der Waals surface area (Å²) in [4.78, 5) is 30.5. The number of nitrogens with zero attached hydrogens (tertiary/aromatic N) is 6. The van der Waals surface area contributed by atoms with E-state index in [-0.39, 0.29) is 5.69 Å². The summed E-state index contributed by atoms with van der Waals surface area (Å²) < 4.78 is 8.14. The zero-order chi connectivity index (χ0) is 25.6. The van der Waals surface area contributed by atoms with Crippen molar-refractivity contribution in [3.63, 3.8) is 0 Å². The molecule has 1 amide bonds. The van der Waals surface area contributed by atoms with Crippen molar-refractivity contribution < 1.29 is 19.4 Å². The van der Waals surface area contributed by atoms with Crippen LogP contribution < -0.4 is 5.32 Å². The van der Waals surface area contributed by atoms with Gasteiger partial charge in [0.25, 0.3) is 0 Å². The monoisotopic (exact) mass is 477 g/mol. The van der Waals surface area contributed by atoms with Crippen LogP contribution in [0, 0.1) is 0 Å². The molecule has 0 aliphatic rings. The summed E-state index contributed by atoms with van der Waals surface area (Å²) >= 11 is 0. The van der Waals surface area contributed by atoms with Gasteiger partial charge in [0.1, 0.15) is 17.1 Å². The second-order valence-electron chi connectivity index (χ2n) is 8.49. The molecule has 0 spiro atoms. The van der Waals surface area contributed by atoms with Gasteiger partial charge in [-0.25, -0.2) is 9.59 Å². The molecule has 0 aliphatic carbocycles. The van der Waals surface area contributed by atoms with Gasteiger partial charge in [0.15, 0.2) is 0 Å². The van der Waals surface area contributed by atoms with E-state index in [4.69, 9.17) is 9.84 Å². The van der Waals surface area contributed by atoms with Gasteiger partial charge >= 0.3 is 12.1 Å². The van der Waals surface area contributed by atoms with Crippen molar-refractivity contribution in [1.29, 1.82) is 0 Å². The summed E-state index contributed by atoms with van der Waals surface area (Å²) in [6.45, 7) is 5.45. The Kier molecular flexibility index (Phi) is 7.59. The van der Waals surface area contributed by atoms with Gasteiger partial charge in [-0.15, -0.1) is 0 Å². The predicted molar refractivity (Wildman–Crippen MR) is 130 cm³/mol. The number of carboxylic acids is 1. The van der Waals surface area contributed by atoms with Crippen LogP contribution in [0.3, 0.4) is 0 Å². The first-order valence-corrected chi connectivity index (χ1v) is 10.7. The van der Waals surface area contributed by atoms with E-state index in [2.05, 4.69) is 25.5 Å². The number of amides is 1. The van der Waals surface area contributed by atoms with Gasteiger partial charge in [-0.05, 0) is 51.1 Å². The average molecular weight is 478 g/mol. The summed E-state index contributed by atoms with van der Waals surface area (Å²) in [6.07, 6.45) is 6.22. The number of anilines is 1. The number of aromatic nitrogens is 6. The Balaban J connectivity index is 0.000000203. The summed E-state index contributed by atoms with van der Waals surface area (Å²) in [5, 5.41) is 20.0. The third-order valence-corrected chi connectivity index (χ3v) is 4.52. The van der Waals surface area contributed by atoms with Crippen LogP contribution in [0.5, 0.6) is 0 Å². The summed E-state index contributed by atoms with van der Waals surface area (Å²) in [6, 6.07) is 10.7. The molecule has 182 valence electrons.